The standard InChI is InChI=1S/C26H42N6O2/c1-19(2)32-14-9-20(10-15-32)27-25-21-17-23(33-5)24(18-22(21)28-26(29-25)30(3)4)34-16-8-13-31-11-6-7-12-31/h17-20H,6-16H2,1-5H3,(H,27,28,29). The molecular weight excluding hydrogens is 428 g/mol. The molecule has 0 unspecified atom stereocenters. The summed E-state index contributed by atoms with van der Waals surface area (Å²) in [5.74, 6) is 3.04. The Labute approximate surface area is 204 Å². The number of hydrogen-bond donors (Lipinski definition) is 1. The zero-order chi connectivity index (χ0) is 24.1. The lowest BCUT2D eigenvalue weighted by Crippen LogP contribution is -2.42. The van der Waals surface area contributed by atoms with Gasteiger partial charge < -0.3 is 29.5 Å². The van der Waals surface area contributed by atoms with Crippen LogP contribution < -0.4 is 19.7 Å². The first-order chi connectivity index (χ1) is 16.4. The van der Waals surface area contributed by atoms with Crippen LogP contribution in [-0.2, 0) is 0 Å². The molecule has 2 fully saturated rings. The average Bonchev–Trinajstić information content (AvgIpc) is 3.35. The van der Waals surface area contributed by atoms with E-state index in [9.17, 15) is 0 Å². The third-order valence-electron chi connectivity index (χ3n) is 7.04. The lowest BCUT2D eigenvalue weighted by Gasteiger charge is -2.35. The lowest BCUT2D eigenvalue weighted by molar-refractivity contribution is 0.177. The minimum atomic E-state index is 0.399. The van der Waals surface area contributed by atoms with Crippen LogP contribution in [-0.4, -0.2) is 92.4 Å². The van der Waals surface area contributed by atoms with Crippen LogP contribution in [0, 0.1) is 0 Å². The van der Waals surface area contributed by atoms with Gasteiger partial charge in [-0.3, -0.25) is 0 Å². The van der Waals surface area contributed by atoms with Gasteiger partial charge in [-0.2, -0.15) is 4.98 Å². The highest BCUT2D eigenvalue weighted by molar-refractivity contribution is 5.92. The SMILES string of the molecule is COc1cc2c(NC3CCN(C(C)C)CC3)nc(N(C)C)nc2cc1OCCCN1CCCC1. The molecule has 2 aliphatic rings. The van der Waals surface area contributed by atoms with E-state index in [4.69, 9.17) is 19.4 Å². The van der Waals surface area contributed by atoms with Gasteiger partial charge >= 0.3 is 0 Å². The number of hydrogen-bond acceptors (Lipinski definition) is 8. The molecule has 2 aliphatic heterocycles. The Balaban J connectivity index is 1.52. The normalized spacial score (nSPS) is 18.1. The zero-order valence-corrected chi connectivity index (χ0v) is 21.6. The molecule has 2 aromatic rings. The first kappa shape index (κ1) is 24.8. The number of nitrogens with one attached hydrogen (secondary N) is 1. The van der Waals surface area contributed by atoms with Crippen LogP contribution in [0.25, 0.3) is 10.9 Å². The molecule has 8 heteroatoms. The van der Waals surface area contributed by atoms with E-state index in [2.05, 4.69) is 29.0 Å². The minimum absolute atomic E-state index is 0.399. The average molecular weight is 471 g/mol. The first-order valence-corrected chi connectivity index (χ1v) is 12.9. The Morgan fingerprint density at radius 1 is 1.06 bits per heavy atom. The minimum Gasteiger partial charge on any atom is -0.493 e. The number of fused-ring (bicyclic) bond motifs is 1. The maximum atomic E-state index is 6.17. The van der Waals surface area contributed by atoms with Gasteiger partial charge in [0, 0.05) is 57.3 Å². The fourth-order valence-corrected chi connectivity index (χ4v) is 4.94. The number of piperidine rings is 1. The van der Waals surface area contributed by atoms with Gasteiger partial charge in [-0.1, -0.05) is 0 Å². The molecule has 2 saturated heterocycles. The van der Waals surface area contributed by atoms with Gasteiger partial charge in [0.25, 0.3) is 0 Å². The summed E-state index contributed by atoms with van der Waals surface area (Å²) in [7, 11) is 5.65. The number of benzene rings is 1. The molecule has 188 valence electrons. The molecule has 0 radical (unpaired) electrons. The zero-order valence-electron chi connectivity index (χ0n) is 21.6. The van der Waals surface area contributed by atoms with Crippen molar-refractivity contribution in [1.29, 1.82) is 0 Å². The molecule has 3 heterocycles. The van der Waals surface area contributed by atoms with E-state index in [1.54, 1.807) is 7.11 Å². The van der Waals surface area contributed by atoms with Crippen molar-refractivity contribution in [2.75, 3.05) is 70.8 Å². The van der Waals surface area contributed by atoms with Crippen LogP contribution in [0.15, 0.2) is 12.1 Å². The summed E-state index contributed by atoms with van der Waals surface area (Å²) in [5.41, 5.74) is 0.871. The fraction of sp³-hybridized carbons (Fsp3) is 0.692. The van der Waals surface area contributed by atoms with E-state index in [1.165, 1.54) is 25.9 Å². The Kier molecular flexibility index (Phi) is 8.32. The molecule has 1 aromatic carbocycles. The second-order valence-electron chi connectivity index (χ2n) is 10.1. The Morgan fingerprint density at radius 3 is 2.44 bits per heavy atom. The van der Waals surface area contributed by atoms with Crippen LogP contribution in [0.3, 0.4) is 0 Å². The number of anilines is 2. The molecule has 0 aliphatic carbocycles. The highest BCUT2D eigenvalue weighted by atomic mass is 16.5. The van der Waals surface area contributed by atoms with Crippen molar-refractivity contribution in [3.8, 4) is 11.5 Å². The summed E-state index contributed by atoms with van der Waals surface area (Å²) in [6, 6.07) is 5.02. The highest BCUT2D eigenvalue weighted by Crippen LogP contribution is 2.36. The van der Waals surface area contributed by atoms with Crippen molar-refractivity contribution < 1.29 is 9.47 Å². The van der Waals surface area contributed by atoms with Gasteiger partial charge in [-0.15, -0.1) is 0 Å². The van der Waals surface area contributed by atoms with Crippen molar-refractivity contribution in [2.24, 2.45) is 0 Å². The summed E-state index contributed by atoms with van der Waals surface area (Å²) in [4.78, 5) is 16.7. The highest BCUT2D eigenvalue weighted by Gasteiger charge is 2.23. The molecule has 1 aromatic heterocycles. The summed E-state index contributed by atoms with van der Waals surface area (Å²) in [6.45, 7) is 11.0. The topological polar surface area (TPSA) is 66.0 Å². The van der Waals surface area contributed by atoms with Gasteiger partial charge in [-0.05, 0) is 65.1 Å². The van der Waals surface area contributed by atoms with Gasteiger partial charge in [0.2, 0.25) is 5.95 Å². The second kappa shape index (κ2) is 11.4. The second-order valence-corrected chi connectivity index (χ2v) is 10.1. The van der Waals surface area contributed by atoms with E-state index >= 15 is 0 Å². The van der Waals surface area contributed by atoms with Gasteiger partial charge in [0.15, 0.2) is 11.5 Å². The summed E-state index contributed by atoms with van der Waals surface area (Å²) < 4.78 is 11.9. The number of rotatable bonds is 10. The monoisotopic (exact) mass is 470 g/mol. The van der Waals surface area contributed by atoms with Crippen LogP contribution >= 0.6 is 0 Å². The summed E-state index contributed by atoms with van der Waals surface area (Å²) in [6.07, 6.45) is 5.86. The maximum absolute atomic E-state index is 6.17. The van der Waals surface area contributed by atoms with E-state index < -0.39 is 0 Å². The molecule has 4 rings (SSSR count). The Morgan fingerprint density at radius 2 is 1.79 bits per heavy atom. The molecule has 1 N–H and O–H groups in total. The van der Waals surface area contributed by atoms with Crippen molar-refractivity contribution in [1.82, 2.24) is 19.8 Å². The number of ether oxygens (including phenoxy) is 2. The maximum Gasteiger partial charge on any atom is 0.227 e. The number of likely N-dealkylation sites (tertiary alicyclic amines) is 2. The quantitative estimate of drug-likeness (QED) is 0.525. The summed E-state index contributed by atoms with van der Waals surface area (Å²) in [5, 5.41) is 4.70. The predicted octanol–water partition coefficient (Wildman–Crippen LogP) is 3.85. The number of methoxy groups -OCH3 is 1. The van der Waals surface area contributed by atoms with Crippen LogP contribution in [0.5, 0.6) is 11.5 Å². The van der Waals surface area contributed by atoms with E-state index in [0.29, 0.717) is 24.6 Å². The van der Waals surface area contributed by atoms with Gasteiger partial charge in [0.1, 0.15) is 5.82 Å². The third kappa shape index (κ3) is 6.02. The molecule has 0 atom stereocenters. The summed E-state index contributed by atoms with van der Waals surface area (Å²) >= 11 is 0. The smallest absolute Gasteiger partial charge is 0.227 e. The van der Waals surface area contributed by atoms with Crippen molar-refractivity contribution in [3.05, 3.63) is 12.1 Å². The van der Waals surface area contributed by atoms with E-state index in [-0.39, 0.29) is 0 Å². The van der Waals surface area contributed by atoms with Crippen LogP contribution in [0.4, 0.5) is 11.8 Å². The number of nitrogens with zero attached hydrogens (tertiary/aromatic N) is 5. The van der Waals surface area contributed by atoms with E-state index in [0.717, 1.165) is 67.1 Å². The van der Waals surface area contributed by atoms with E-state index in [1.807, 2.05) is 31.1 Å². The lowest BCUT2D eigenvalue weighted by atomic mass is 10.0. The van der Waals surface area contributed by atoms with Crippen LogP contribution in [0.2, 0.25) is 0 Å². The molecule has 34 heavy (non-hydrogen) atoms. The molecular formula is C26H42N6O2. The first-order valence-electron chi connectivity index (χ1n) is 12.9. The fourth-order valence-electron chi connectivity index (χ4n) is 4.94. The molecule has 0 spiro atoms. The van der Waals surface area contributed by atoms with Crippen molar-refractivity contribution in [2.45, 2.75) is 58.0 Å². The largest absolute Gasteiger partial charge is 0.493 e. The third-order valence-corrected chi connectivity index (χ3v) is 7.04. The van der Waals surface area contributed by atoms with Crippen molar-refractivity contribution in [3.63, 3.8) is 0 Å². The van der Waals surface area contributed by atoms with Gasteiger partial charge in [0.05, 0.1) is 19.2 Å². The number of aromatic nitrogens is 2. The molecule has 0 bridgehead atoms. The van der Waals surface area contributed by atoms with Crippen molar-refractivity contribution >= 4 is 22.7 Å². The molecule has 0 amide bonds. The molecule has 0 saturated carbocycles. The van der Waals surface area contributed by atoms with Crippen LogP contribution in [0.1, 0.15) is 46.0 Å². The van der Waals surface area contributed by atoms with Gasteiger partial charge in [-0.25, -0.2) is 4.98 Å². The Bertz CT molecular complexity index is 937. The Hall–Kier alpha value is -2.32. The molecule has 8 nitrogen and oxygen atoms in total. The predicted molar refractivity (Wildman–Crippen MR) is 140 cm³/mol.